The lowest BCUT2D eigenvalue weighted by Crippen LogP contribution is -2.73. The second-order valence-electron chi connectivity index (χ2n) is 6.10. The number of likely N-dealkylation sites (tertiary alicyclic amines) is 1. The maximum atomic E-state index is 12.4. The number of amides is 2. The van der Waals surface area contributed by atoms with E-state index in [-0.39, 0.29) is 5.70 Å². The van der Waals surface area contributed by atoms with Gasteiger partial charge in [0.1, 0.15) is 17.5 Å². The molecule has 152 valence electrons. The van der Waals surface area contributed by atoms with Crippen molar-refractivity contribution < 1.29 is 36.8 Å². The highest BCUT2D eigenvalue weighted by molar-refractivity contribution is 7.86. The van der Waals surface area contributed by atoms with E-state index in [4.69, 9.17) is 4.74 Å². The van der Waals surface area contributed by atoms with E-state index >= 15 is 0 Å². The molecule has 2 rings (SSSR count). The molecule has 1 saturated heterocycles. The Morgan fingerprint density at radius 1 is 1.21 bits per heavy atom. The van der Waals surface area contributed by atoms with Crippen LogP contribution in [-0.4, -0.2) is 60.8 Å². The van der Waals surface area contributed by atoms with Gasteiger partial charge in [-0.3, -0.25) is 19.0 Å². The lowest BCUT2D eigenvalue weighted by Gasteiger charge is -2.45. The number of carbonyl (C=O) groups excluding carboxylic acids is 3. The molecule has 2 atom stereocenters. The van der Waals surface area contributed by atoms with Gasteiger partial charge in [-0.2, -0.15) is 8.42 Å². The number of methoxy groups -OCH3 is 1. The summed E-state index contributed by atoms with van der Waals surface area (Å²) in [6.07, 6.45) is 0. The number of allylic oxidation sites excluding steroid dienone is 1. The van der Waals surface area contributed by atoms with Crippen molar-refractivity contribution >= 4 is 27.9 Å². The first kappa shape index (κ1) is 21.4. The summed E-state index contributed by atoms with van der Waals surface area (Å²) in [4.78, 5) is 37.0. The van der Waals surface area contributed by atoms with Crippen LogP contribution in [-0.2, 0) is 29.2 Å². The minimum Gasteiger partial charge on any atom is -0.484 e. The number of ether oxygens (including phenoxy) is 2. The third kappa shape index (κ3) is 4.49. The van der Waals surface area contributed by atoms with Crippen LogP contribution < -0.4 is 10.1 Å². The number of hydrogen-bond donors (Lipinski definition) is 2. The molecule has 0 unspecified atom stereocenters. The summed E-state index contributed by atoms with van der Waals surface area (Å²) in [7, 11) is -3.76. The van der Waals surface area contributed by atoms with Crippen molar-refractivity contribution in [1.29, 1.82) is 0 Å². The molecule has 0 aromatic heterocycles. The van der Waals surface area contributed by atoms with Crippen LogP contribution in [0.25, 0.3) is 0 Å². The normalized spacial score (nSPS) is 18.7. The van der Waals surface area contributed by atoms with Gasteiger partial charge in [-0.15, -0.1) is 0 Å². The number of para-hydroxylation sites is 1. The monoisotopic (exact) mass is 412 g/mol. The van der Waals surface area contributed by atoms with E-state index in [1.165, 1.54) is 13.8 Å². The summed E-state index contributed by atoms with van der Waals surface area (Å²) in [5.41, 5.74) is -0.0211. The number of carbonyl (C=O) groups is 3. The predicted molar refractivity (Wildman–Crippen MR) is 96.4 cm³/mol. The molecule has 11 heteroatoms. The number of nitrogens with zero attached hydrogens (tertiary/aromatic N) is 1. The van der Waals surface area contributed by atoms with Crippen LogP contribution in [0.2, 0.25) is 0 Å². The van der Waals surface area contributed by atoms with E-state index < -0.39 is 45.9 Å². The molecule has 1 aliphatic heterocycles. The van der Waals surface area contributed by atoms with Crippen molar-refractivity contribution in [1.82, 2.24) is 10.2 Å². The molecule has 0 spiro atoms. The third-order valence-corrected chi connectivity index (χ3v) is 4.96. The molecule has 10 nitrogen and oxygen atoms in total. The molecule has 1 aromatic rings. The fourth-order valence-electron chi connectivity index (χ4n) is 2.66. The highest BCUT2D eigenvalue weighted by Crippen LogP contribution is 2.31. The Kier molecular flexibility index (Phi) is 6.41. The van der Waals surface area contributed by atoms with Crippen molar-refractivity contribution in [3.63, 3.8) is 0 Å². The van der Waals surface area contributed by atoms with Crippen LogP contribution in [0.15, 0.2) is 41.6 Å². The third-order valence-electron chi connectivity index (χ3n) is 3.87. The molecule has 2 amide bonds. The second-order valence-corrected chi connectivity index (χ2v) is 7.61. The van der Waals surface area contributed by atoms with Gasteiger partial charge in [-0.1, -0.05) is 18.2 Å². The van der Waals surface area contributed by atoms with E-state index in [1.54, 1.807) is 30.3 Å². The molecule has 1 aliphatic rings. The van der Waals surface area contributed by atoms with Crippen LogP contribution in [0.4, 0.5) is 0 Å². The van der Waals surface area contributed by atoms with Gasteiger partial charge >= 0.3 is 5.97 Å². The molecular formula is C17H20N2O8S. The average Bonchev–Trinajstić information content (AvgIpc) is 2.63. The summed E-state index contributed by atoms with van der Waals surface area (Å²) in [6, 6.07) is 6.81. The van der Waals surface area contributed by atoms with Crippen LogP contribution in [0.5, 0.6) is 5.75 Å². The van der Waals surface area contributed by atoms with Gasteiger partial charge in [0.15, 0.2) is 12.0 Å². The first-order chi connectivity index (χ1) is 13.1. The highest BCUT2D eigenvalue weighted by atomic mass is 32.2. The van der Waals surface area contributed by atoms with Gasteiger partial charge in [0.05, 0.1) is 7.11 Å². The Morgan fingerprint density at radius 2 is 1.82 bits per heavy atom. The maximum Gasteiger partial charge on any atom is 0.354 e. The first-order valence-electron chi connectivity index (χ1n) is 8.10. The van der Waals surface area contributed by atoms with E-state index in [0.717, 1.165) is 7.11 Å². The smallest absolute Gasteiger partial charge is 0.354 e. The Labute approximate surface area is 161 Å². The van der Waals surface area contributed by atoms with Gasteiger partial charge < -0.3 is 14.8 Å². The number of rotatable bonds is 7. The van der Waals surface area contributed by atoms with Gasteiger partial charge in [0.2, 0.25) is 0 Å². The van der Waals surface area contributed by atoms with Gasteiger partial charge in [-0.25, -0.2) is 4.79 Å². The fraction of sp³-hybridized carbons (Fsp3) is 0.353. The molecule has 28 heavy (non-hydrogen) atoms. The Hall–Kier alpha value is -2.92. The minimum atomic E-state index is -4.82. The zero-order valence-corrected chi connectivity index (χ0v) is 16.2. The number of hydrogen-bond acceptors (Lipinski definition) is 7. The lowest BCUT2D eigenvalue weighted by atomic mass is 10.0. The summed E-state index contributed by atoms with van der Waals surface area (Å²) >= 11 is 0. The van der Waals surface area contributed by atoms with Crippen LogP contribution in [0.1, 0.15) is 13.8 Å². The van der Waals surface area contributed by atoms with Crippen molar-refractivity contribution in [2.24, 2.45) is 0 Å². The van der Waals surface area contributed by atoms with Crippen LogP contribution in [0.3, 0.4) is 0 Å². The molecule has 1 aromatic carbocycles. The second kappa shape index (κ2) is 8.40. The van der Waals surface area contributed by atoms with Gasteiger partial charge in [0.25, 0.3) is 21.9 Å². The van der Waals surface area contributed by atoms with Crippen molar-refractivity contribution in [2.45, 2.75) is 25.3 Å². The topological polar surface area (TPSA) is 139 Å². The van der Waals surface area contributed by atoms with Crippen molar-refractivity contribution in [3.8, 4) is 5.75 Å². The van der Waals surface area contributed by atoms with E-state index in [1.807, 2.05) is 0 Å². The number of benzene rings is 1. The number of β-lactam (4-membered cyclic amide) rings is 1. The van der Waals surface area contributed by atoms with Crippen molar-refractivity contribution in [3.05, 3.63) is 41.6 Å². The molecule has 0 bridgehead atoms. The van der Waals surface area contributed by atoms with E-state index in [9.17, 15) is 27.4 Å². The van der Waals surface area contributed by atoms with Gasteiger partial charge in [0, 0.05) is 0 Å². The zero-order chi connectivity index (χ0) is 21.1. The maximum absolute atomic E-state index is 12.4. The van der Waals surface area contributed by atoms with E-state index in [2.05, 4.69) is 10.1 Å². The largest absolute Gasteiger partial charge is 0.484 e. The van der Waals surface area contributed by atoms with Crippen molar-refractivity contribution in [2.75, 3.05) is 13.7 Å². The SMILES string of the molecule is COC(=O)C(=C(C)C)N1C(=O)[C@@H](NC(=O)COc2ccccc2)[C@H]1S(=O)(=O)O. The summed E-state index contributed by atoms with van der Waals surface area (Å²) in [5, 5.41) is 0.348. The van der Waals surface area contributed by atoms with Crippen LogP contribution in [0, 0.1) is 0 Å². The summed E-state index contributed by atoms with van der Waals surface area (Å²) < 4.78 is 42.9. The molecule has 1 heterocycles. The molecule has 0 radical (unpaired) electrons. The van der Waals surface area contributed by atoms with Crippen LogP contribution >= 0.6 is 0 Å². The molecule has 0 saturated carbocycles. The molecular weight excluding hydrogens is 392 g/mol. The fourth-order valence-corrected chi connectivity index (χ4v) is 3.66. The number of esters is 1. The summed E-state index contributed by atoms with van der Waals surface area (Å²) in [6.45, 7) is 2.47. The van der Waals surface area contributed by atoms with E-state index in [0.29, 0.717) is 16.2 Å². The number of nitrogens with one attached hydrogen (secondary N) is 1. The quantitative estimate of drug-likeness (QED) is 0.278. The summed E-state index contributed by atoms with van der Waals surface area (Å²) in [5.74, 6) is -2.19. The Morgan fingerprint density at radius 3 is 2.32 bits per heavy atom. The molecule has 0 aliphatic carbocycles. The van der Waals surface area contributed by atoms with Gasteiger partial charge in [-0.05, 0) is 31.6 Å². The first-order valence-corrected chi connectivity index (χ1v) is 9.60. The molecule has 2 N–H and O–H groups in total. The molecule has 1 fully saturated rings. The highest BCUT2D eigenvalue weighted by Gasteiger charge is 2.58. The Bertz CT molecular complexity index is 906. The Balaban J connectivity index is 2.17. The minimum absolute atomic E-state index is 0.297. The average molecular weight is 412 g/mol. The standard InChI is InChI=1S/C17H20N2O8S/c1-10(2)14(17(22)26-3)19-15(21)13(16(19)28(23,24)25)18-12(20)9-27-11-7-5-4-6-8-11/h4-8,13,16H,9H2,1-3H3,(H,18,20)(H,23,24,25)/t13-,16-/m1/s1. The predicted octanol–water partition coefficient (Wildman–Crippen LogP) is 0.0732. The lowest BCUT2D eigenvalue weighted by molar-refractivity contribution is -0.152. The zero-order valence-electron chi connectivity index (χ0n) is 15.4.